The van der Waals surface area contributed by atoms with Crippen LogP contribution in [0.2, 0.25) is 0 Å². The van der Waals surface area contributed by atoms with Gasteiger partial charge < -0.3 is 14.2 Å². The van der Waals surface area contributed by atoms with Crippen LogP contribution in [0.25, 0.3) is 0 Å². The number of hydrogen-bond donors (Lipinski definition) is 0. The molecule has 0 aromatic carbocycles. The summed E-state index contributed by atoms with van der Waals surface area (Å²) in [4.78, 5) is 11.5. The molecular formula is C24H44O4. The van der Waals surface area contributed by atoms with Crippen LogP contribution in [0.4, 0.5) is 0 Å². The second-order valence-electron chi connectivity index (χ2n) is 8.43. The maximum absolute atomic E-state index is 11.5. The number of carbonyl (C=O) groups is 1. The van der Waals surface area contributed by atoms with Gasteiger partial charge in [0.15, 0.2) is 5.79 Å². The highest BCUT2D eigenvalue weighted by Gasteiger charge is 2.39. The summed E-state index contributed by atoms with van der Waals surface area (Å²) in [7, 11) is 0. The van der Waals surface area contributed by atoms with E-state index in [1.807, 2.05) is 13.8 Å². The number of esters is 1. The first kappa shape index (κ1) is 25.2. The van der Waals surface area contributed by atoms with Crippen LogP contribution >= 0.6 is 0 Å². The van der Waals surface area contributed by atoms with Gasteiger partial charge in [0.2, 0.25) is 0 Å². The Morgan fingerprint density at radius 1 is 0.857 bits per heavy atom. The summed E-state index contributed by atoms with van der Waals surface area (Å²) in [6.07, 6.45) is 20.2. The average Bonchev–Trinajstić information content (AvgIpc) is 2.95. The van der Waals surface area contributed by atoms with Crippen molar-refractivity contribution in [2.75, 3.05) is 6.61 Å². The molecule has 164 valence electrons. The molecule has 1 rings (SSSR count). The minimum atomic E-state index is -0.592. The highest BCUT2D eigenvalue weighted by molar-refractivity contribution is 5.81. The number of ether oxygens (including phenoxy) is 3. The Morgan fingerprint density at radius 2 is 1.39 bits per heavy atom. The van der Waals surface area contributed by atoms with Crippen LogP contribution < -0.4 is 0 Å². The summed E-state index contributed by atoms with van der Waals surface area (Å²) in [5.41, 5.74) is 0. The van der Waals surface area contributed by atoms with Gasteiger partial charge in [-0.1, -0.05) is 84.0 Å². The van der Waals surface area contributed by atoms with Crippen molar-refractivity contribution in [2.24, 2.45) is 0 Å². The van der Waals surface area contributed by atoms with Gasteiger partial charge in [-0.05, 0) is 33.3 Å². The minimum absolute atomic E-state index is 0.0174. The zero-order valence-corrected chi connectivity index (χ0v) is 18.8. The monoisotopic (exact) mass is 396 g/mol. The average molecular weight is 397 g/mol. The molecule has 4 heteroatoms. The SMILES string of the molecule is CCCCCCCCCCCCCC[C@H]1OC(C)(C)O[C@H]1/C=C/C(=O)OCC. The van der Waals surface area contributed by atoms with Crippen molar-refractivity contribution in [3.8, 4) is 0 Å². The van der Waals surface area contributed by atoms with Crippen molar-refractivity contribution in [2.45, 2.75) is 129 Å². The zero-order chi connectivity index (χ0) is 20.7. The van der Waals surface area contributed by atoms with Crippen LogP contribution in [0.5, 0.6) is 0 Å². The fourth-order valence-corrected chi connectivity index (χ4v) is 3.80. The van der Waals surface area contributed by atoms with Gasteiger partial charge in [-0.2, -0.15) is 0 Å². The van der Waals surface area contributed by atoms with E-state index in [1.165, 1.54) is 76.7 Å². The molecule has 0 spiro atoms. The van der Waals surface area contributed by atoms with Gasteiger partial charge in [-0.25, -0.2) is 4.79 Å². The van der Waals surface area contributed by atoms with Crippen LogP contribution in [-0.2, 0) is 19.0 Å². The van der Waals surface area contributed by atoms with Crippen LogP contribution in [-0.4, -0.2) is 30.6 Å². The van der Waals surface area contributed by atoms with Gasteiger partial charge in [0.1, 0.15) is 6.10 Å². The van der Waals surface area contributed by atoms with E-state index in [1.54, 1.807) is 13.0 Å². The molecule has 0 bridgehead atoms. The van der Waals surface area contributed by atoms with Crippen LogP contribution in [0.3, 0.4) is 0 Å². The molecule has 1 aliphatic rings. The molecule has 0 saturated carbocycles. The van der Waals surface area contributed by atoms with E-state index < -0.39 is 5.79 Å². The molecule has 0 aliphatic carbocycles. The Hall–Kier alpha value is -0.870. The predicted octanol–water partition coefficient (Wildman–Crippen LogP) is 6.72. The van der Waals surface area contributed by atoms with Crippen molar-refractivity contribution < 1.29 is 19.0 Å². The number of rotatable bonds is 16. The standard InChI is InChI=1S/C24H44O4/c1-5-7-8-9-10-11-12-13-14-15-16-17-18-21-22(28-24(3,4)27-21)19-20-23(25)26-6-2/h19-22H,5-18H2,1-4H3/b20-19+/t21-,22+/m1/s1. The zero-order valence-electron chi connectivity index (χ0n) is 18.8. The lowest BCUT2D eigenvalue weighted by Gasteiger charge is -2.16. The van der Waals surface area contributed by atoms with Gasteiger partial charge in [-0.3, -0.25) is 0 Å². The molecule has 0 unspecified atom stereocenters. The summed E-state index contributed by atoms with van der Waals surface area (Å²) < 4.78 is 16.9. The van der Waals surface area contributed by atoms with E-state index in [0.29, 0.717) is 6.61 Å². The third-order valence-corrected chi connectivity index (χ3v) is 5.27. The summed E-state index contributed by atoms with van der Waals surface area (Å²) >= 11 is 0. The second-order valence-corrected chi connectivity index (χ2v) is 8.43. The van der Waals surface area contributed by atoms with Crippen molar-refractivity contribution >= 4 is 5.97 Å². The summed E-state index contributed by atoms with van der Waals surface area (Å²) in [5.74, 6) is -0.911. The smallest absolute Gasteiger partial charge is 0.330 e. The van der Waals surface area contributed by atoms with E-state index in [4.69, 9.17) is 14.2 Å². The van der Waals surface area contributed by atoms with Crippen LogP contribution in [0.15, 0.2) is 12.2 Å². The Morgan fingerprint density at radius 3 is 1.93 bits per heavy atom. The first-order valence-electron chi connectivity index (χ1n) is 11.7. The summed E-state index contributed by atoms with van der Waals surface area (Å²) in [6.45, 7) is 8.33. The van der Waals surface area contributed by atoms with Crippen LogP contribution in [0.1, 0.15) is 111 Å². The fraction of sp³-hybridized carbons (Fsp3) is 0.875. The Labute approximate surface area is 173 Å². The van der Waals surface area contributed by atoms with E-state index in [0.717, 1.165) is 12.8 Å². The molecule has 1 fully saturated rings. The van der Waals surface area contributed by atoms with Crippen molar-refractivity contribution in [1.82, 2.24) is 0 Å². The molecule has 1 saturated heterocycles. The molecule has 1 aliphatic heterocycles. The summed E-state index contributed by atoms with van der Waals surface area (Å²) in [6, 6.07) is 0. The van der Waals surface area contributed by atoms with Crippen molar-refractivity contribution in [3.63, 3.8) is 0 Å². The first-order chi connectivity index (χ1) is 13.5. The minimum Gasteiger partial charge on any atom is -0.463 e. The number of unbranched alkanes of at least 4 members (excludes halogenated alkanes) is 11. The molecule has 4 nitrogen and oxygen atoms in total. The maximum atomic E-state index is 11.5. The molecule has 0 aromatic rings. The highest BCUT2D eigenvalue weighted by Crippen LogP contribution is 2.31. The lowest BCUT2D eigenvalue weighted by molar-refractivity contribution is -0.144. The van der Waals surface area contributed by atoms with E-state index in [9.17, 15) is 4.79 Å². The third kappa shape index (κ3) is 11.9. The van der Waals surface area contributed by atoms with Gasteiger partial charge in [0.05, 0.1) is 12.7 Å². The van der Waals surface area contributed by atoms with E-state index in [-0.39, 0.29) is 18.2 Å². The van der Waals surface area contributed by atoms with E-state index >= 15 is 0 Å². The molecule has 0 radical (unpaired) electrons. The quantitative estimate of drug-likeness (QED) is 0.165. The topological polar surface area (TPSA) is 44.8 Å². The number of hydrogen-bond acceptors (Lipinski definition) is 4. The lowest BCUT2D eigenvalue weighted by atomic mass is 10.0. The molecule has 0 amide bonds. The second kappa shape index (κ2) is 15.0. The van der Waals surface area contributed by atoms with Crippen molar-refractivity contribution in [3.05, 3.63) is 12.2 Å². The Bertz CT molecular complexity index is 430. The molecule has 0 aromatic heterocycles. The Kier molecular flexibility index (Phi) is 13.5. The maximum Gasteiger partial charge on any atom is 0.330 e. The molecular weight excluding hydrogens is 352 g/mol. The van der Waals surface area contributed by atoms with Gasteiger partial charge in [0.25, 0.3) is 0 Å². The molecule has 2 atom stereocenters. The third-order valence-electron chi connectivity index (χ3n) is 5.27. The molecule has 1 heterocycles. The Balaban J connectivity index is 2.11. The molecule has 0 N–H and O–H groups in total. The van der Waals surface area contributed by atoms with Gasteiger partial charge in [-0.15, -0.1) is 0 Å². The lowest BCUT2D eigenvalue weighted by Crippen LogP contribution is -2.21. The van der Waals surface area contributed by atoms with Gasteiger partial charge in [0, 0.05) is 6.08 Å². The summed E-state index contributed by atoms with van der Waals surface area (Å²) in [5, 5.41) is 0. The molecule has 28 heavy (non-hydrogen) atoms. The largest absolute Gasteiger partial charge is 0.463 e. The van der Waals surface area contributed by atoms with Gasteiger partial charge >= 0.3 is 5.97 Å². The predicted molar refractivity (Wildman–Crippen MR) is 115 cm³/mol. The number of carbonyl (C=O) groups excluding carboxylic acids is 1. The van der Waals surface area contributed by atoms with Crippen molar-refractivity contribution in [1.29, 1.82) is 0 Å². The first-order valence-corrected chi connectivity index (χ1v) is 11.7. The highest BCUT2D eigenvalue weighted by atomic mass is 16.7. The normalized spacial score (nSPS) is 21.4. The fourth-order valence-electron chi connectivity index (χ4n) is 3.80. The van der Waals surface area contributed by atoms with E-state index in [2.05, 4.69) is 6.92 Å². The van der Waals surface area contributed by atoms with Crippen LogP contribution in [0, 0.1) is 0 Å².